The number of nitrogens with zero attached hydrogens (tertiary/aromatic N) is 2. The molecule has 110 valence electrons. The standard InChI is InChI=1S/C16H11ClN2O2S/c17-13-3-1-11(2-4-13)9-12-5-7-19(8-6-12)15-14(10-20)22-16(21)18-15/h1-8,10H,9H2. The Bertz CT molecular complexity index is 798. The highest BCUT2D eigenvalue weighted by atomic mass is 35.5. The summed E-state index contributed by atoms with van der Waals surface area (Å²) >= 11 is 6.72. The van der Waals surface area contributed by atoms with Crippen molar-refractivity contribution in [3.8, 4) is 11.0 Å². The predicted octanol–water partition coefficient (Wildman–Crippen LogP) is 2.55. The summed E-state index contributed by atoms with van der Waals surface area (Å²) in [4.78, 5) is 15.1. The summed E-state index contributed by atoms with van der Waals surface area (Å²) in [5.41, 5.74) is 2.27. The average molecular weight is 331 g/mol. The Labute approximate surface area is 136 Å². The zero-order valence-corrected chi connectivity index (χ0v) is 13.0. The molecule has 0 aliphatic heterocycles. The Kier molecular flexibility index (Phi) is 4.18. The Balaban J connectivity index is 1.83. The molecular formula is C16H11ClN2O2S. The maximum absolute atomic E-state index is 11.3. The lowest BCUT2D eigenvalue weighted by Crippen LogP contribution is -2.31. The smallest absolute Gasteiger partial charge is 0.348 e. The first-order valence-corrected chi connectivity index (χ1v) is 7.73. The molecule has 2 aromatic heterocycles. The van der Waals surface area contributed by atoms with Gasteiger partial charge in [-0.25, -0.2) is 4.57 Å². The van der Waals surface area contributed by atoms with Crippen molar-refractivity contribution in [2.24, 2.45) is 0 Å². The summed E-state index contributed by atoms with van der Waals surface area (Å²) in [6.45, 7) is 0. The van der Waals surface area contributed by atoms with E-state index in [4.69, 9.17) is 11.6 Å². The van der Waals surface area contributed by atoms with Gasteiger partial charge in [0.1, 0.15) is 0 Å². The summed E-state index contributed by atoms with van der Waals surface area (Å²) in [5, 5.41) is 11.7. The maximum atomic E-state index is 11.3. The second-order valence-corrected chi connectivity index (χ2v) is 6.13. The van der Waals surface area contributed by atoms with E-state index in [1.54, 1.807) is 17.0 Å². The van der Waals surface area contributed by atoms with Crippen LogP contribution in [0, 0.1) is 0 Å². The van der Waals surface area contributed by atoms with Gasteiger partial charge in [-0.05, 0) is 46.8 Å². The Morgan fingerprint density at radius 1 is 1.14 bits per heavy atom. The number of halogens is 1. The minimum absolute atomic E-state index is 0.334. The van der Waals surface area contributed by atoms with Crippen LogP contribution >= 0.6 is 22.9 Å². The molecule has 1 aromatic carbocycles. The van der Waals surface area contributed by atoms with E-state index in [-0.39, 0.29) is 5.19 Å². The number of hydrogen-bond donors (Lipinski definition) is 0. The van der Waals surface area contributed by atoms with Crippen LogP contribution in [0.15, 0.2) is 48.8 Å². The van der Waals surface area contributed by atoms with Crippen LogP contribution in [-0.2, 0) is 6.42 Å². The molecule has 0 bridgehead atoms. The van der Waals surface area contributed by atoms with Gasteiger partial charge < -0.3 is 5.11 Å². The van der Waals surface area contributed by atoms with Gasteiger partial charge in [-0.1, -0.05) is 35.1 Å². The van der Waals surface area contributed by atoms with Gasteiger partial charge in [-0.2, -0.15) is 0 Å². The topological polar surface area (TPSA) is 56.9 Å². The minimum atomic E-state index is -0.366. The highest BCUT2D eigenvalue weighted by molar-refractivity contribution is 7.15. The van der Waals surface area contributed by atoms with Crippen molar-refractivity contribution in [3.05, 3.63) is 69.8 Å². The molecule has 6 heteroatoms. The van der Waals surface area contributed by atoms with E-state index in [1.165, 1.54) is 0 Å². The molecule has 0 aliphatic carbocycles. The lowest BCUT2D eigenvalue weighted by molar-refractivity contribution is -0.599. The molecule has 2 heterocycles. The molecular weight excluding hydrogens is 320 g/mol. The number of pyridine rings is 1. The van der Waals surface area contributed by atoms with E-state index >= 15 is 0 Å². The van der Waals surface area contributed by atoms with Gasteiger partial charge in [0.05, 0.1) is 12.4 Å². The van der Waals surface area contributed by atoms with E-state index in [2.05, 4.69) is 4.98 Å². The van der Waals surface area contributed by atoms with Gasteiger partial charge >= 0.3 is 5.82 Å². The lowest BCUT2D eigenvalue weighted by Gasteiger charge is -2.02. The number of hydrogen-bond acceptors (Lipinski definition) is 4. The SMILES string of the molecule is O=Cc1sc([O-])nc1-[n+]1ccc(Cc2ccc(Cl)cc2)cc1. The molecule has 0 fully saturated rings. The number of carbonyl (C=O) groups excluding carboxylic acids is 1. The molecule has 3 rings (SSSR count). The lowest BCUT2D eigenvalue weighted by atomic mass is 10.1. The summed E-state index contributed by atoms with van der Waals surface area (Å²) in [6, 6.07) is 11.6. The van der Waals surface area contributed by atoms with Crippen LogP contribution in [0.5, 0.6) is 5.19 Å². The second kappa shape index (κ2) is 6.25. The van der Waals surface area contributed by atoms with Crippen LogP contribution in [-0.4, -0.2) is 11.3 Å². The monoisotopic (exact) mass is 330 g/mol. The van der Waals surface area contributed by atoms with Gasteiger partial charge in [0.2, 0.25) is 0 Å². The first kappa shape index (κ1) is 14.7. The van der Waals surface area contributed by atoms with E-state index in [1.807, 2.05) is 36.4 Å². The summed E-state index contributed by atoms with van der Waals surface area (Å²) in [5.74, 6) is 0.378. The van der Waals surface area contributed by atoms with Crippen molar-refractivity contribution in [1.29, 1.82) is 0 Å². The van der Waals surface area contributed by atoms with E-state index in [0.29, 0.717) is 22.0 Å². The van der Waals surface area contributed by atoms with Crippen molar-refractivity contribution >= 4 is 29.2 Å². The van der Waals surface area contributed by atoms with Gasteiger partial charge in [0.25, 0.3) is 0 Å². The summed E-state index contributed by atoms with van der Waals surface area (Å²) < 4.78 is 1.67. The van der Waals surface area contributed by atoms with Crippen molar-refractivity contribution in [2.75, 3.05) is 0 Å². The molecule has 4 nitrogen and oxygen atoms in total. The highest BCUT2D eigenvalue weighted by Crippen LogP contribution is 2.19. The fourth-order valence-electron chi connectivity index (χ4n) is 2.12. The molecule has 3 aromatic rings. The summed E-state index contributed by atoms with van der Waals surface area (Å²) in [6.07, 6.45) is 5.03. The molecule has 0 atom stereocenters. The van der Waals surface area contributed by atoms with Crippen LogP contribution in [0.2, 0.25) is 5.02 Å². The Morgan fingerprint density at radius 3 is 2.41 bits per heavy atom. The van der Waals surface area contributed by atoms with E-state index in [0.717, 1.165) is 28.9 Å². The van der Waals surface area contributed by atoms with Gasteiger partial charge in [-0.3, -0.25) is 4.79 Å². The molecule has 0 N–H and O–H groups in total. The molecule has 0 saturated carbocycles. The number of aromatic nitrogens is 2. The third-order valence-corrected chi connectivity index (χ3v) is 4.20. The van der Waals surface area contributed by atoms with Crippen molar-refractivity contribution in [3.63, 3.8) is 0 Å². The molecule has 0 radical (unpaired) electrons. The van der Waals surface area contributed by atoms with E-state index < -0.39 is 0 Å². The normalized spacial score (nSPS) is 10.6. The number of carbonyl (C=O) groups is 1. The van der Waals surface area contributed by atoms with Crippen molar-refractivity contribution < 1.29 is 14.5 Å². The minimum Gasteiger partial charge on any atom is -0.831 e. The molecule has 0 amide bonds. The first-order chi connectivity index (χ1) is 10.7. The van der Waals surface area contributed by atoms with Crippen LogP contribution in [0.3, 0.4) is 0 Å². The molecule has 0 saturated heterocycles. The van der Waals surface area contributed by atoms with Crippen LogP contribution in [0.4, 0.5) is 0 Å². The van der Waals surface area contributed by atoms with Crippen molar-refractivity contribution in [1.82, 2.24) is 4.98 Å². The van der Waals surface area contributed by atoms with Crippen LogP contribution in [0.1, 0.15) is 20.8 Å². The first-order valence-electron chi connectivity index (χ1n) is 6.54. The maximum Gasteiger partial charge on any atom is 0.348 e. The number of aldehydes is 1. The van der Waals surface area contributed by atoms with Crippen LogP contribution in [0.25, 0.3) is 5.82 Å². The second-order valence-electron chi connectivity index (χ2n) is 4.70. The average Bonchev–Trinajstić information content (AvgIpc) is 2.91. The molecule has 22 heavy (non-hydrogen) atoms. The van der Waals surface area contributed by atoms with Crippen LogP contribution < -0.4 is 9.67 Å². The fourth-order valence-corrected chi connectivity index (χ4v) is 2.86. The third-order valence-electron chi connectivity index (χ3n) is 3.19. The quantitative estimate of drug-likeness (QED) is 0.545. The fraction of sp³-hybridized carbons (Fsp3) is 0.0625. The number of rotatable bonds is 4. The Morgan fingerprint density at radius 2 is 1.77 bits per heavy atom. The third kappa shape index (κ3) is 3.16. The number of thiazole rings is 1. The Hall–Kier alpha value is -2.24. The number of benzene rings is 1. The molecule has 0 spiro atoms. The predicted molar refractivity (Wildman–Crippen MR) is 82.7 cm³/mol. The van der Waals surface area contributed by atoms with E-state index in [9.17, 15) is 9.90 Å². The summed E-state index contributed by atoms with van der Waals surface area (Å²) in [7, 11) is 0. The highest BCUT2D eigenvalue weighted by Gasteiger charge is 2.17. The van der Waals surface area contributed by atoms with Gasteiger partial charge in [0, 0.05) is 5.02 Å². The van der Waals surface area contributed by atoms with Crippen molar-refractivity contribution in [2.45, 2.75) is 6.42 Å². The van der Waals surface area contributed by atoms with Gasteiger partial charge in [0.15, 0.2) is 16.4 Å². The largest absolute Gasteiger partial charge is 0.831 e. The van der Waals surface area contributed by atoms with Gasteiger partial charge in [-0.15, -0.1) is 0 Å². The zero-order chi connectivity index (χ0) is 15.5. The zero-order valence-electron chi connectivity index (χ0n) is 11.4. The molecule has 0 unspecified atom stereocenters. The molecule has 0 aliphatic rings.